The second-order valence-corrected chi connectivity index (χ2v) is 10.6. The molecule has 0 aliphatic carbocycles. The molecule has 4 rings (SSSR count). The quantitative estimate of drug-likeness (QED) is 0.304. The molecule has 0 aliphatic rings. The van der Waals surface area contributed by atoms with Gasteiger partial charge in [0.1, 0.15) is 23.2 Å². The van der Waals surface area contributed by atoms with Crippen molar-refractivity contribution in [2.75, 3.05) is 14.2 Å². The van der Waals surface area contributed by atoms with Gasteiger partial charge in [0.15, 0.2) is 11.5 Å². The second kappa shape index (κ2) is 10.6. The molecule has 0 aromatic heterocycles. The summed E-state index contributed by atoms with van der Waals surface area (Å²) >= 11 is 0. The molecule has 0 spiro atoms. The van der Waals surface area contributed by atoms with Crippen LogP contribution in [0.1, 0.15) is 5.56 Å². The Morgan fingerprint density at radius 3 is 1.35 bits per heavy atom. The fraction of sp³-hybridized carbons (Fsp3) is 0.111. The number of hydrogen-bond acceptors (Lipinski definition) is 2. The van der Waals surface area contributed by atoms with Gasteiger partial charge in [-0.2, -0.15) is 0 Å². The van der Waals surface area contributed by atoms with Crippen LogP contribution in [-0.4, -0.2) is 14.2 Å². The predicted octanol–water partition coefficient (Wildman–Crippen LogP) is 5.78. The molecule has 0 amide bonds. The molecule has 158 valence electrons. The van der Waals surface area contributed by atoms with Crippen molar-refractivity contribution in [3.05, 3.63) is 115 Å². The van der Waals surface area contributed by atoms with E-state index in [2.05, 4.69) is 103 Å². The van der Waals surface area contributed by atoms with E-state index in [9.17, 15) is 0 Å². The number of ether oxygens (including phenoxy) is 2. The van der Waals surface area contributed by atoms with E-state index < -0.39 is 7.26 Å². The monoisotopic (exact) mass is 493 g/mol. The molecule has 0 fully saturated rings. The fourth-order valence-electron chi connectivity index (χ4n) is 4.02. The van der Waals surface area contributed by atoms with Crippen molar-refractivity contribution in [2.24, 2.45) is 0 Å². The third-order valence-electron chi connectivity index (χ3n) is 5.46. The van der Waals surface area contributed by atoms with Gasteiger partial charge in [-0.05, 0) is 54.1 Å². The van der Waals surface area contributed by atoms with Crippen LogP contribution in [0.25, 0.3) is 0 Å². The van der Waals surface area contributed by atoms with Crippen LogP contribution in [0.15, 0.2) is 109 Å². The second-order valence-electron chi connectivity index (χ2n) is 7.16. The molecule has 4 aromatic carbocycles. The molecule has 0 atom stereocenters. The number of methoxy groups -OCH3 is 2. The first-order valence-electron chi connectivity index (χ1n) is 10.0. The van der Waals surface area contributed by atoms with Crippen molar-refractivity contribution in [1.29, 1.82) is 0 Å². The Bertz CT molecular complexity index is 989. The predicted molar refractivity (Wildman–Crippen MR) is 139 cm³/mol. The normalized spacial score (nSPS) is 10.8. The third kappa shape index (κ3) is 4.69. The summed E-state index contributed by atoms with van der Waals surface area (Å²) in [6.45, 7) is 0. The van der Waals surface area contributed by atoms with Gasteiger partial charge in [-0.25, -0.2) is 0 Å². The topological polar surface area (TPSA) is 18.5 Å². The van der Waals surface area contributed by atoms with Gasteiger partial charge in [0.25, 0.3) is 0 Å². The molecule has 0 bridgehead atoms. The van der Waals surface area contributed by atoms with E-state index >= 15 is 0 Å². The Kier molecular flexibility index (Phi) is 7.90. The van der Waals surface area contributed by atoms with Crippen molar-refractivity contribution in [2.45, 2.75) is 6.16 Å². The van der Waals surface area contributed by atoms with E-state index in [0.29, 0.717) is 0 Å². The van der Waals surface area contributed by atoms with Crippen LogP contribution in [0, 0.1) is 0 Å². The zero-order valence-corrected chi connectivity index (χ0v) is 20.4. The first-order valence-corrected chi connectivity index (χ1v) is 12.0. The number of benzene rings is 4. The number of halogens is 1. The summed E-state index contributed by atoms with van der Waals surface area (Å²) in [4.78, 5) is 0. The Morgan fingerprint density at radius 1 is 0.548 bits per heavy atom. The molecule has 2 nitrogen and oxygen atoms in total. The summed E-state index contributed by atoms with van der Waals surface area (Å²) in [6.07, 6.45) is 0.908. The van der Waals surface area contributed by atoms with Gasteiger partial charge >= 0.3 is 0 Å². The average molecular weight is 494 g/mol. The maximum atomic E-state index is 5.60. The highest BCUT2D eigenvalue weighted by Crippen LogP contribution is 2.58. The van der Waals surface area contributed by atoms with Crippen LogP contribution in [0.2, 0.25) is 0 Å². The maximum Gasteiger partial charge on any atom is 0.161 e. The van der Waals surface area contributed by atoms with Crippen molar-refractivity contribution in [3.63, 3.8) is 0 Å². The van der Waals surface area contributed by atoms with E-state index in [1.165, 1.54) is 21.5 Å². The molecule has 4 heteroatoms. The van der Waals surface area contributed by atoms with Crippen molar-refractivity contribution >= 4 is 40.2 Å². The molecule has 0 N–H and O–H groups in total. The summed E-state index contributed by atoms with van der Waals surface area (Å²) in [5.41, 5.74) is 1.23. The molecule has 4 aromatic rings. The Hall–Kier alpha value is -2.61. The molecular formula is C27H27BrO2P+. The maximum absolute atomic E-state index is 5.60. The minimum absolute atomic E-state index is 0. The van der Waals surface area contributed by atoms with Gasteiger partial charge in [0, 0.05) is 0 Å². The molecule has 0 saturated carbocycles. The zero-order chi connectivity index (χ0) is 20.8. The number of hydrogen-bond donors (Lipinski definition) is 0. The van der Waals surface area contributed by atoms with Gasteiger partial charge in [-0.15, -0.1) is 17.0 Å². The summed E-state index contributed by atoms with van der Waals surface area (Å²) in [5.74, 6) is 1.52. The van der Waals surface area contributed by atoms with E-state index in [1.54, 1.807) is 14.2 Å². The van der Waals surface area contributed by atoms with Crippen LogP contribution >= 0.6 is 24.2 Å². The van der Waals surface area contributed by atoms with E-state index in [-0.39, 0.29) is 17.0 Å². The van der Waals surface area contributed by atoms with Crippen LogP contribution in [-0.2, 0) is 6.16 Å². The lowest BCUT2D eigenvalue weighted by molar-refractivity contribution is 0.354. The SMILES string of the molecule is Br.COc1ccc(C[P+](c2ccccc2)(c2ccccc2)c2ccccc2)cc1OC. The average Bonchev–Trinajstić information content (AvgIpc) is 2.84. The molecule has 0 unspecified atom stereocenters. The van der Waals surface area contributed by atoms with Crippen molar-refractivity contribution in [1.82, 2.24) is 0 Å². The van der Waals surface area contributed by atoms with Crippen LogP contribution < -0.4 is 25.4 Å². The minimum atomic E-state index is -1.93. The molecule has 0 saturated heterocycles. The molecule has 0 aliphatic heterocycles. The van der Waals surface area contributed by atoms with E-state index in [4.69, 9.17) is 9.47 Å². The molecule has 0 heterocycles. The van der Waals surface area contributed by atoms with Crippen LogP contribution in [0.5, 0.6) is 11.5 Å². The van der Waals surface area contributed by atoms with E-state index in [0.717, 1.165) is 17.7 Å². The smallest absolute Gasteiger partial charge is 0.161 e. The zero-order valence-electron chi connectivity index (χ0n) is 17.8. The Morgan fingerprint density at radius 2 is 0.968 bits per heavy atom. The van der Waals surface area contributed by atoms with Gasteiger partial charge in [0.2, 0.25) is 0 Å². The molecule has 0 radical (unpaired) electrons. The lowest BCUT2D eigenvalue weighted by Gasteiger charge is -2.28. The highest BCUT2D eigenvalue weighted by molar-refractivity contribution is 8.93. The summed E-state index contributed by atoms with van der Waals surface area (Å²) in [6, 6.07) is 39.0. The Labute approximate surface area is 196 Å². The number of rotatable bonds is 7. The van der Waals surface area contributed by atoms with Gasteiger partial charge in [-0.1, -0.05) is 60.7 Å². The Balaban J connectivity index is 0.00000272. The lowest BCUT2D eigenvalue weighted by Crippen LogP contribution is -2.32. The van der Waals surface area contributed by atoms with Crippen molar-refractivity contribution in [3.8, 4) is 11.5 Å². The standard InChI is InChI=1S/C27H26O2P.BrH/c1-28-26-19-18-22(20-27(26)29-2)21-30(23-12-6-3-7-13-23,24-14-8-4-9-15-24)25-16-10-5-11-17-25;/h3-20H,21H2,1-2H3;1H/q+1;. The third-order valence-corrected chi connectivity index (χ3v) is 9.84. The molecular weight excluding hydrogens is 467 g/mol. The first kappa shape index (κ1) is 23.1. The molecule has 31 heavy (non-hydrogen) atoms. The van der Waals surface area contributed by atoms with Gasteiger partial charge in [0.05, 0.1) is 20.4 Å². The van der Waals surface area contributed by atoms with E-state index in [1.807, 2.05) is 6.07 Å². The van der Waals surface area contributed by atoms with Gasteiger partial charge in [-0.3, -0.25) is 0 Å². The van der Waals surface area contributed by atoms with Crippen LogP contribution in [0.4, 0.5) is 0 Å². The highest BCUT2D eigenvalue weighted by Gasteiger charge is 2.45. The van der Waals surface area contributed by atoms with Crippen molar-refractivity contribution < 1.29 is 9.47 Å². The minimum Gasteiger partial charge on any atom is -0.493 e. The summed E-state index contributed by atoms with van der Waals surface area (Å²) in [7, 11) is 1.44. The van der Waals surface area contributed by atoms with Gasteiger partial charge < -0.3 is 9.47 Å². The lowest BCUT2D eigenvalue weighted by atomic mass is 10.2. The first-order chi connectivity index (χ1) is 14.8. The summed E-state index contributed by atoms with van der Waals surface area (Å²) < 4.78 is 11.1. The van der Waals surface area contributed by atoms with Crippen LogP contribution in [0.3, 0.4) is 0 Å². The largest absolute Gasteiger partial charge is 0.493 e. The fourth-order valence-corrected chi connectivity index (χ4v) is 8.25. The highest BCUT2D eigenvalue weighted by atomic mass is 79.9. The summed E-state index contributed by atoms with van der Waals surface area (Å²) in [5, 5.41) is 4.12.